The Bertz CT molecular complexity index is 36.8. The van der Waals surface area contributed by atoms with Crippen LogP contribution >= 0.6 is 0 Å². The van der Waals surface area contributed by atoms with Gasteiger partial charge in [0.1, 0.15) is 0 Å². The molecule has 3 heteroatoms. The Labute approximate surface area is 54.8 Å². The van der Waals surface area contributed by atoms with Gasteiger partial charge < -0.3 is 0 Å². The van der Waals surface area contributed by atoms with E-state index in [-0.39, 0.29) is 0 Å². The van der Waals surface area contributed by atoms with Gasteiger partial charge in [-0.3, -0.25) is 0 Å². The normalized spacial score (nSPS) is 24.0. The van der Waals surface area contributed by atoms with E-state index in [0.717, 1.165) is 12.8 Å². The van der Waals surface area contributed by atoms with Crippen molar-refractivity contribution in [3.05, 3.63) is 0 Å². The summed E-state index contributed by atoms with van der Waals surface area (Å²) < 4.78 is 0. The van der Waals surface area contributed by atoms with E-state index in [2.05, 4.69) is 14.8 Å². The molecule has 0 radical (unpaired) electrons. The zero-order chi connectivity index (χ0) is 6.36. The van der Waals surface area contributed by atoms with Crippen molar-refractivity contribution < 1.29 is 14.8 Å². The maximum absolute atomic E-state index is 4.63. The lowest BCUT2D eigenvalue weighted by Crippen LogP contribution is -1.96. The largest absolute Gasteiger partial charge is 0.206 e. The van der Waals surface area contributed by atoms with Crippen molar-refractivity contribution in [2.45, 2.75) is 25.7 Å². The first kappa shape index (κ1) is 6.99. The van der Waals surface area contributed by atoms with Gasteiger partial charge in [-0.1, -0.05) is 17.9 Å². The summed E-state index contributed by atoms with van der Waals surface area (Å²) in [6.45, 7) is 1.31. The van der Waals surface area contributed by atoms with Crippen molar-refractivity contribution in [3.63, 3.8) is 0 Å². The quantitative estimate of drug-likeness (QED) is 0.467. The first-order valence-electron chi connectivity index (χ1n) is 3.41. The summed E-state index contributed by atoms with van der Waals surface area (Å²) in [7, 11) is 0. The van der Waals surface area contributed by atoms with Gasteiger partial charge in [-0.25, -0.2) is 9.78 Å². The average Bonchev–Trinajstić information content (AvgIpc) is 2.00. The van der Waals surface area contributed by atoms with Crippen LogP contribution in [0.1, 0.15) is 25.7 Å². The second-order valence-corrected chi connectivity index (χ2v) is 2.13. The van der Waals surface area contributed by atoms with Gasteiger partial charge in [0.2, 0.25) is 0 Å². The summed E-state index contributed by atoms with van der Waals surface area (Å²) in [5.41, 5.74) is 0. The van der Waals surface area contributed by atoms with Crippen LogP contribution in [0.3, 0.4) is 0 Å². The van der Waals surface area contributed by atoms with Crippen LogP contribution in [0.25, 0.3) is 0 Å². The monoisotopic (exact) mass is 132 g/mol. The predicted octanol–water partition coefficient (Wildman–Crippen LogP) is 1.44. The van der Waals surface area contributed by atoms with E-state index in [1.54, 1.807) is 0 Å². The standard InChI is InChI=1S/C6H12O3/c1-2-4-6-8-9-7-5-3-1/h1-6H2. The summed E-state index contributed by atoms with van der Waals surface area (Å²) in [5, 5.41) is 4.35. The highest BCUT2D eigenvalue weighted by Crippen LogP contribution is 2.03. The Kier molecular flexibility index (Phi) is 3.68. The molecule has 1 rings (SSSR count). The summed E-state index contributed by atoms with van der Waals surface area (Å²) >= 11 is 0. The molecule has 1 fully saturated rings. The lowest BCUT2D eigenvalue weighted by molar-refractivity contribution is -0.511. The molecular formula is C6H12O3. The molecule has 0 saturated carbocycles. The molecule has 0 amide bonds. The molecule has 3 nitrogen and oxygen atoms in total. The van der Waals surface area contributed by atoms with Crippen LogP contribution in [0, 0.1) is 0 Å². The van der Waals surface area contributed by atoms with Gasteiger partial charge in [-0.15, -0.1) is 0 Å². The zero-order valence-electron chi connectivity index (χ0n) is 5.47. The van der Waals surface area contributed by atoms with Gasteiger partial charge in [-0.2, -0.15) is 0 Å². The van der Waals surface area contributed by atoms with Gasteiger partial charge in [-0.05, 0) is 12.8 Å². The second-order valence-electron chi connectivity index (χ2n) is 2.13. The molecule has 0 atom stereocenters. The second kappa shape index (κ2) is 4.73. The van der Waals surface area contributed by atoms with Crippen LogP contribution in [0.4, 0.5) is 0 Å². The molecule has 54 valence electrons. The van der Waals surface area contributed by atoms with Crippen molar-refractivity contribution in [2.75, 3.05) is 13.2 Å². The van der Waals surface area contributed by atoms with Crippen LogP contribution in [0.2, 0.25) is 0 Å². The molecule has 1 aliphatic heterocycles. The Morgan fingerprint density at radius 2 is 1.22 bits per heavy atom. The third-order valence-electron chi connectivity index (χ3n) is 1.30. The first-order valence-corrected chi connectivity index (χ1v) is 3.41. The first-order chi connectivity index (χ1) is 4.50. The van der Waals surface area contributed by atoms with Gasteiger partial charge in [0.05, 0.1) is 13.2 Å². The van der Waals surface area contributed by atoms with Crippen molar-refractivity contribution in [1.29, 1.82) is 0 Å². The van der Waals surface area contributed by atoms with E-state index in [1.807, 2.05) is 0 Å². The fraction of sp³-hybridized carbons (Fsp3) is 1.00. The van der Waals surface area contributed by atoms with Crippen molar-refractivity contribution >= 4 is 0 Å². The Hall–Kier alpha value is -0.120. The molecule has 0 aromatic heterocycles. The fourth-order valence-corrected chi connectivity index (χ4v) is 0.778. The average molecular weight is 132 g/mol. The fourth-order valence-electron chi connectivity index (χ4n) is 0.778. The summed E-state index contributed by atoms with van der Waals surface area (Å²) in [6, 6.07) is 0. The van der Waals surface area contributed by atoms with Crippen LogP contribution in [0.15, 0.2) is 0 Å². The molecule has 0 N–H and O–H groups in total. The summed E-state index contributed by atoms with van der Waals surface area (Å²) in [6.07, 6.45) is 4.58. The van der Waals surface area contributed by atoms with E-state index in [0.29, 0.717) is 13.2 Å². The molecular weight excluding hydrogens is 120 g/mol. The van der Waals surface area contributed by atoms with Crippen LogP contribution in [-0.2, 0) is 14.8 Å². The van der Waals surface area contributed by atoms with E-state index in [9.17, 15) is 0 Å². The maximum atomic E-state index is 4.63. The Morgan fingerprint density at radius 3 is 1.78 bits per heavy atom. The molecule has 1 aliphatic rings. The minimum Gasteiger partial charge on any atom is -0.206 e. The lowest BCUT2D eigenvalue weighted by Gasteiger charge is -1.96. The zero-order valence-corrected chi connectivity index (χ0v) is 5.47. The summed E-state index contributed by atoms with van der Waals surface area (Å²) in [5.74, 6) is 0. The smallest absolute Gasteiger partial charge is 0.0853 e. The van der Waals surface area contributed by atoms with Crippen LogP contribution < -0.4 is 0 Å². The molecule has 0 bridgehead atoms. The van der Waals surface area contributed by atoms with Crippen molar-refractivity contribution in [3.8, 4) is 0 Å². The number of rotatable bonds is 0. The van der Waals surface area contributed by atoms with Gasteiger partial charge in [0, 0.05) is 0 Å². The van der Waals surface area contributed by atoms with E-state index in [4.69, 9.17) is 0 Å². The summed E-state index contributed by atoms with van der Waals surface area (Å²) in [4.78, 5) is 9.26. The van der Waals surface area contributed by atoms with Crippen molar-refractivity contribution in [1.82, 2.24) is 0 Å². The van der Waals surface area contributed by atoms with E-state index >= 15 is 0 Å². The third kappa shape index (κ3) is 3.46. The molecule has 1 saturated heterocycles. The third-order valence-corrected chi connectivity index (χ3v) is 1.30. The molecule has 0 aromatic rings. The lowest BCUT2D eigenvalue weighted by atomic mass is 10.2. The topological polar surface area (TPSA) is 27.7 Å². The van der Waals surface area contributed by atoms with Crippen LogP contribution in [-0.4, -0.2) is 13.2 Å². The Balaban J connectivity index is 2.02. The van der Waals surface area contributed by atoms with E-state index < -0.39 is 0 Å². The molecule has 0 aromatic carbocycles. The van der Waals surface area contributed by atoms with Gasteiger partial charge in [0.15, 0.2) is 0 Å². The molecule has 9 heavy (non-hydrogen) atoms. The minimum atomic E-state index is 0.653. The highest BCUT2D eigenvalue weighted by molar-refractivity contribution is 4.40. The minimum absolute atomic E-state index is 0.653. The van der Waals surface area contributed by atoms with Crippen molar-refractivity contribution in [2.24, 2.45) is 0 Å². The molecule has 0 aliphatic carbocycles. The molecule has 0 spiro atoms. The number of hydrogen-bond donors (Lipinski definition) is 0. The molecule has 0 unspecified atom stereocenters. The van der Waals surface area contributed by atoms with E-state index in [1.165, 1.54) is 12.8 Å². The van der Waals surface area contributed by atoms with Crippen LogP contribution in [0.5, 0.6) is 0 Å². The highest BCUT2D eigenvalue weighted by Gasteiger charge is 1.96. The molecule has 1 heterocycles. The highest BCUT2D eigenvalue weighted by atomic mass is 17.5. The SMILES string of the molecule is C1CCCOOOCC1. The predicted molar refractivity (Wildman–Crippen MR) is 31.5 cm³/mol. The Morgan fingerprint density at radius 1 is 0.667 bits per heavy atom. The maximum Gasteiger partial charge on any atom is 0.0853 e. The van der Waals surface area contributed by atoms with Gasteiger partial charge >= 0.3 is 0 Å². The van der Waals surface area contributed by atoms with Gasteiger partial charge in [0.25, 0.3) is 0 Å². The number of hydrogen-bond acceptors (Lipinski definition) is 3.